The van der Waals surface area contributed by atoms with E-state index in [4.69, 9.17) is 16.3 Å². The third-order valence-corrected chi connectivity index (χ3v) is 3.26. The molecule has 0 atom stereocenters. The molecule has 0 fully saturated rings. The maximum absolute atomic E-state index is 12.4. The number of anilines is 1. The molecule has 120 valence electrons. The van der Waals surface area contributed by atoms with Gasteiger partial charge < -0.3 is 14.8 Å². The predicted molar refractivity (Wildman–Crippen MR) is 86.2 cm³/mol. The molecule has 6 nitrogen and oxygen atoms in total. The maximum Gasteiger partial charge on any atom is 0.337 e. The lowest BCUT2D eigenvalue weighted by Crippen LogP contribution is -2.15. The molecular formula is C16H15ClN2O4. The highest BCUT2D eigenvalue weighted by atomic mass is 35.5. The number of hydrogen-bond acceptors (Lipinski definition) is 5. The molecule has 0 bridgehead atoms. The molecule has 23 heavy (non-hydrogen) atoms. The van der Waals surface area contributed by atoms with Crippen LogP contribution >= 0.6 is 11.6 Å². The van der Waals surface area contributed by atoms with E-state index in [1.54, 1.807) is 19.1 Å². The van der Waals surface area contributed by atoms with Gasteiger partial charge >= 0.3 is 5.97 Å². The first-order valence-electron chi connectivity index (χ1n) is 6.83. The zero-order valence-corrected chi connectivity index (χ0v) is 13.4. The van der Waals surface area contributed by atoms with Crippen molar-refractivity contribution in [2.45, 2.75) is 6.92 Å². The largest absolute Gasteiger partial charge is 0.477 e. The Morgan fingerprint density at radius 2 is 2.09 bits per heavy atom. The summed E-state index contributed by atoms with van der Waals surface area (Å²) in [6.07, 6.45) is 1.53. The Bertz CT molecular complexity index is 734. The van der Waals surface area contributed by atoms with Crippen molar-refractivity contribution in [2.75, 3.05) is 19.0 Å². The molecule has 1 aromatic heterocycles. The number of carbonyl (C=O) groups excluding carboxylic acids is 2. The normalized spacial score (nSPS) is 10.0. The number of aromatic nitrogens is 1. The summed E-state index contributed by atoms with van der Waals surface area (Å²) in [5, 5.41) is 2.94. The van der Waals surface area contributed by atoms with Crippen molar-refractivity contribution in [2.24, 2.45) is 0 Å². The number of carbonyl (C=O) groups is 2. The second-order valence-electron chi connectivity index (χ2n) is 4.43. The van der Waals surface area contributed by atoms with Crippen molar-refractivity contribution in [3.05, 3.63) is 52.7 Å². The van der Waals surface area contributed by atoms with Crippen molar-refractivity contribution in [1.82, 2.24) is 4.98 Å². The Morgan fingerprint density at radius 1 is 1.30 bits per heavy atom. The van der Waals surface area contributed by atoms with Crippen LogP contribution in [0.2, 0.25) is 5.02 Å². The molecule has 0 saturated carbocycles. The smallest absolute Gasteiger partial charge is 0.337 e. The van der Waals surface area contributed by atoms with Crippen LogP contribution in [0, 0.1) is 0 Å². The van der Waals surface area contributed by atoms with Gasteiger partial charge in [0, 0.05) is 6.20 Å². The number of pyridine rings is 1. The summed E-state index contributed by atoms with van der Waals surface area (Å²) in [6.45, 7) is 2.18. The molecule has 1 amide bonds. The van der Waals surface area contributed by atoms with Crippen molar-refractivity contribution >= 4 is 29.2 Å². The molecule has 1 heterocycles. The molecule has 0 radical (unpaired) electrons. The Labute approximate surface area is 138 Å². The summed E-state index contributed by atoms with van der Waals surface area (Å²) < 4.78 is 9.97. The van der Waals surface area contributed by atoms with Crippen molar-refractivity contribution in [1.29, 1.82) is 0 Å². The summed E-state index contributed by atoms with van der Waals surface area (Å²) in [6, 6.07) is 7.69. The van der Waals surface area contributed by atoms with Crippen LogP contribution in [0.3, 0.4) is 0 Å². The van der Waals surface area contributed by atoms with Crippen LogP contribution in [0.5, 0.6) is 5.88 Å². The van der Waals surface area contributed by atoms with Crippen LogP contribution in [-0.4, -0.2) is 30.6 Å². The first-order chi connectivity index (χ1) is 11.1. The lowest BCUT2D eigenvalue weighted by atomic mass is 10.2. The summed E-state index contributed by atoms with van der Waals surface area (Å²) in [5.74, 6) is -0.730. The van der Waals surface area contributed by atoms with E-state index >= 15 is 0 Å². The van der Waals surface area contributed by atoms with Gasteiger partial charge in [0.25, 0.3) is 5.91 Å². The average molecular weight is 335 g/mol. The number of methoxy groups -OCH3 is 1. The highest BCUT2D eigenvalue weighted by Crippen LogP contribution is 2.25. The number of hydrogen-bond donors (Lipinski definition) is 1. The van der Waals surface area contributed by atoms with Gasteiger partial charge in [-0.25, -0.2) is 9.78 Å². The summed E-state index contributed by atoms with van der Waals surface area (Å²) >= 11 is 6.06. The van der Waals surface area contributed by atoms with Gasteiger partial charge in [-0.3, -0.25) is 4.79 Å². The molecule has 2 aromatic rings. The minimum Gasteiger partial charge on any atom is -0.477 e. The molecule has 2 rings (SSSR count). The highest BCUT2D eigenvalue weighted by molar-refractivity contribution is 6.34. The number of ether oxygens (including phenoxy) is 2. The van der Waals surface area contributed by atoms with E-state index in [1.165, 1.54) is 31.5 Å². The van der Waals surface area contributed by atoms with E-state index in [-0.39, 0.29) is 17.0 Å². The Kier molecular flexibility index (Phi) is 5.54. The van der Waals surface area contributed by atoms with Gasteiger partial charge in [-0.2, -0.15) is 0 Å². The van der Waals surface area contributed by atoms with Crippen LogP contribution in [0.15, 0.2) is 36.5 Å². The van der Waals surface area contributed by atoms with Gasteiger partial charge in [0.15, 0.2) is 0 Å². The Hall–Kier alpha value is -2.60. The highest BCUT2D eigenvalue weighted by Gasteiger charge is 2.16. The third kappa shape index (κ3) is 3.98. The lowest BCUT2D eigenvalue weighted by molar-refractivity contribution is 0.0600. The minimum absolute atomic E-state index is 0.229. The molecule has 0 aliphatic carbocycles. The van der Waals surface area contributed by atoms with Gasteiger partial charge in [0.2, 0.25) is 5.88 Å². The monoisotopic (exact) mass is 334 g/mol. The van der Waals surface area contributed by atoms with Crippen LogP contribution < -0.4 is 10.1 Å². The number of nitrogens with one attached hydrogen (secondary N) is 1. The third-order valence-electron chi connectivity index (χ3n) is 2.93. The van der Waals surface area contributed by atoms with E-state index < -0.39 is 11.9 Å². The van der Waals surface area contributed by atoms with Gasteiger partial charge in [0.05, 0.1) is 30.0 Å². The first kappa shape index (κ1) is 16.8. The number of nitrogens with zero attached hydrogens (tertiary/aromatic N) is 1. The number of rotatable bonds is 5. The minimum atomic E-state index is -0.520. The number of halogens is 1. The zero-order chi connectivity index (χ0) is 16.8. The number of amides is 1. The van der Waals surface area contributed by atoms with E-state index in [1.807, 2.05) is 0 Å². The molecular weight excluding hydrogens is 320 g/mol. The molecule has 7 heteroatoms. The fourth-order valence-corrected chi connectivity index (χ4v) is 2.04. The maximum atomic E-state index is 12.4. The van der Waals surface area contributed by atoms with Crippen molar-refractivity contribution in [3.63, 3.8) is 0 Å². The standard InChI is InChI=1S/C16H15ClN2O4/c1-3-23-15-11(5-4-8-18-15)14(20)19-13-9-10(16(21)22-2)6-7-12(13)17/h4-9H,3H2,1-2H3,(H,19,20). The summed E-state index contributed by atoms with van der Waals surface area (Å²) in [7, 11) is 1.28. The first-order valence-corrected chi connectivity index (χ1v) is 7.21. The summed E-state index contributed by atoms with van der Waals surface area (Å²) in [4.78, 5) is 28.0. The lowest BCUT2D eigenvalue weighted by Gasteiger charge is -2.11. The Morgan fingerprint density at radius 3 is 2.78 bits per heavy atom. The van der Waals surface area contributed by atoms with E-state index in [0.717, 1.165) is 0 Å². The fourth-order valence-electron chi connectivity index (χ4n) is 1.87. The second-order valence-corrected chi connectivity index (χ2v) is 4.84. The molecule has 0 unspecified atom stereocenters. The molecule has 1 N–H and O–H groups in total. The predicted octanol–water partition coefficient (Wildman–Crippen LogP) is 3.17. The van der Waals surface area contributed by atoms with Crippen LogP contribution in [-0.2, 0) is 4.74 Å². The van der Waals surface area contributed by atoms with Crippen molar-refractivity contribution in [3.8, 4) is 5.88 Å². The number of benzene rings is 1. The second kappa shape index (κ2) is 7.60. The SMILES string of the molecule is CCOc1ncccc1C(=O)Nc1cc(C(=O)OC)ccc1Cl. The molecule has 0 aliphatic rings. The van der Waals surface area contributed by atoms with Crippen LogP contribution in [0.25, 0.3) is 0 Å². The van der Waals surface area contributed by atoms with Crippen LogP contribution in [0.4, 0.5) is 5.69 Å². The molecule has 1 aromatic carbocycles. The van der Waals surface area contributed by atoms with Crippen molar-refractivity contribution < 1.29 is 19.1 Å². The zero-order valence-electron chi connectivity index (χ0n) is 12.6. The van der Waals surface area contributed by atoms with E-state index in [0.29, 0.717) is 17.3 Å². The number of esters is 1. The molecule has 0 saturated heterocycles. The molecule has 0 aliphatic heterocycles. The summed E-state index contributed by atoms with van der Waals surface area (Å²) in [5.41, 5.74) is 0.850. The van der Waals surface area contributed by atoms with Gasteiger partial charge in [0.1, 0.15) is 5.56 Å². The average Bonchev–Trinajstić information content (AvgIpc) is 2.57. The van der Waals surface area contributed by atoms with E-state index in [9.17, 15) is 9.59 Å². The van der Waals surface area contributed by atoms with E-state index in [2.05, 4.69) is 15.0 Å². The molecule has 0 spiro atoms. The Balaban J connectivity index is 2.28. The van der Waals surface area contributed by atoms with Crippen LogP contribution in [0.1, 0.15) is 27.6 Å². The van der Waals surface area contributed by atoms with Gasteiger partial charge in [-0.05, 0) is 37.3 Å². The van der Waals surface area contributed by atoms with Gasteiger partial charge in [-0.1, -0.05) is 11.6 Å². The topological polar surface area (TPSA) is 77.5 Å². The van der Waals surface area contributed by atoms with Gasteiger partial charge in [-0.15, -0.1) is 0 Å². The fraction of sp³-hybridized carbons (Fsp3) is 0.188. The quantitative estimate of drug-likeness (QED) is 0.850.